The Hall–Kier alpha value is -4.92. The first-order chi connectivity index (χ1) is 29.2. The minimum absolute atomic E-state index is 0. The molecule has 62 heavy (non-hydrogen) atoms. The summed E-state index contributed by atoms with van der Waals surface area (Å²) < 4.78 is 6.77. The molecule has 0 amide bonds. The van der Waals surface area contributed by atoms with E-state index in [1.807, 2.05) is 0 Å². The quantitative estimate of drug-likeness (QED) is 0.0935. The number of benzene rings is 2. The molecule has 0 fully saturated rings. The minimum atomic E-state index is -0.133. The predicted octanol–water partition coefficient (Wildman–Crippen LogP) is 4.78. The van der Waals surface area contributed by atoms with Crippen LogP contribution in [-0.2, 0) is 72.7 Å². The second kappa shape index (κ2) is 29.4. The van der Waals surface area contributed by atoms with E-state index < -0.39 is 0 Å². The summed E-state index contributed by atoms with van der Waals surface area (Å²) in [4.78, 5) is 8.23. The monoisotopic (exact) mass is 961 g/mol. The van der Waals surface area contributed by atoms with Gasteiger partial charge in [-0.2, -0.15) is 0 Å². The third-order valence-corrected chi connectivity index (χ3v) is 10.4. The fourth-order valence-electron chi connectivity index (χ4n) is 7.52. The maximum Gasteiger partial charge on any atom is 3.00 e. The maximum absolute atomic E-state index is 11.5. The van der Waals surface area contributed by atoms with E-state index in [0.717, 1.165) is 52.7 Å². The molecule has 0 spiro atoms. The number of hydrogen-bond acceptors (Lipinski definition) is 12. The van der Waals surface area contributed by atoms with Crippen LogP contribution in [0, 0.1) is 56.3 Å². The van der Waals surface area contributed by atoms with Crippen molar-refractivity contribution in [2.75, 3.05) is 27.3 Å². The van der Waals surface area contributed by atoms with Crippen molar-refractivity contribution in [2.45, 2.75) is 78.6 Å². The Balaban J connectivity index is 0.000000994. The zero-order chi connectivity index (χ0) is 44.9. The van der Waals surface area contributed by atoms with Crippen molar-refractivity contribution in [3.05, 3.63) is 128 Å². The van der Waals surface area contributed by atoms with Crippen LogP contribution in [0.4, 0.5) is 0 Å². The number of aliphatic hydroxyl groups excluding tert-OH is 2. The van der Waals surface area contributed by atoms with Gasteiger partial charge in [-0.1, -0.05) is 46.8 Å². The molecule has 8 rings (SSSR count). The Morgan fingerprint density at radius 3 is 1.19 bits per heavy atom. The summed E-state index contributed by atoms with van der Waals surface area (Å²) in [6, 6.07) is 9.00. The molecule has 0 saturated carbocycles. The number of rotatable bonds is 8. The third-order valence-electron chi connectivity index (χ3n) is 9.90. The predicted molar refractivity (Wildman–Crippen MR) is 227 cm³/mol. The number of hydrogen-bond donors (Lipinski definition) is 2. The molecule has 15 nitrogen and oxygen atoms in total. The number of aryl methyl sites for hydroxylation is 3. The van der Waals surface area contributed by atoms with Gasteiger partial charge in [0.25, 0.3) is 7.12 Å². The molecule has 3 aliphatic carbocycles. The van der Waals surface area contributed by atoms with E-state index in [1.165, 1.54) is 107 Å². The van der Waals surface area contributed by atoms with Crippen LogP contribution < -0.4 is 10.2 Å². The van der Waals surface area contributed by atoms with Crippen molar-refractivity contribution in [3.8, 4) is 11.5 Å². The first-order valence-electron chi connectivity index (χ1n) is 18.9. The number of fused-ring (bicyclic) bond motifs is 3. The molecule has 3 aromatic heterocycles. The Bertz CT molecular complexity index is 2080. The fraction of sp³-hybridized carbons (Fsp3) is 0.381. The van der Waals surface area contributed by atoms with E-state index in [2.05, 4.69) is 44.5 Å². The average molecular weight is 962 g/mol. The summed E-state index contributed by atoms with van der Waals surface area (Å²) in [6.07, 6.45) is 13.4. The van der Waals surface area contributed by atoms with Gasteiger partial charge in [0.15, 0.2) is 0 Å². The van der Waals surface area contributed by atoms with E-state index in [4.69, 9.17) is 84.2 Å². The Labute approximate surface area is 395 Å². The summed E-state index contributed by atoms with van der Waals surface area (Å²) >= 11 is 11.6. The van der Waals surface area contributed by atoms with Crippen LogP contribution in [0.3, 0.4) is 0 Å². The van der Waals surface area contributed by atoms with Crippen LogP contribution in [0.5, 0.6) is 11.5 Å². The SMILES string of the molecule is CO.CO.Cc1nn([B-](n2nc(C)c3c2CCC3)n2nc(C)c3c2CCC3)c2c1CCC2.[C-]#N.[C-]#N.[C-]#N.[Fe+3].[Mn+3].[O-]c1ccc(Cl)cc1C=NCCN=Cc1cc(Cl)ccc1[O-]. The van der Waals surface area contributed by atoms with Crippen molar-refractivity contribution in [2.24, 2.45) is 9.98 Å². The van der Waals surface area contributed by atoms with Crippen LogP contribution in [-0.4, -0.2) is 86.1 Å². The van der Waals surface area contributed by atoms with E-state index in [9.17, 15) is 10.2 Å². The molecule has 326 valence electrons. The zero-order valence-corrected chi connectivity index (χ0v) is 38.9. The molecule has 2 radical (unpaired) electrons. The van der Waals surface area contributed by atoms with Gasteiger partial charge in [-0.25, -0.2) is 15.3 Å². The van der Waals surface area contributed by atoms with Crippen molar-refractivity contribution in [1.29, 1.82) is 15.8 Å². The Morgan fingerprint density at radius 1 is 0.613 bits per heavy atom. The van der Waals surface area contributed by atoms with Crippen molar-refractivity contribution >= 4 is 42.7 Å². The van der Waals surface area contributed by atoms with Gasteiger partial charge in [0.1, 0.15) is 0 Å². The number of aliphatic hydroxyl groups is 2. The number of aliphatic imine (C=N–C) groups is 2. The molecule has 5 aromatic rings. The van der Waals surface area contributed by atoms with Gasteiger partial charge in [0, 0.05) is 36.7 Å². The number of nitrogens with zero attached hydrogens (tertiary/aromatic N) is 11. The maximum atomic E-state index is 11.5. The Kier molecular flexibility index (Phi) is 27.1. The summed E-state index contributed by atoms with van der Waals surface area (Å²) in [5.74, 6) is -0.266. The molecule has 0 saturated heterocycles. The molecular formula is C42H47BCl2FeMnN11O4. The molecule has 0 atom stereocenters. The second-order valence-electron chi connectivity index (χ2n) is 13.2. The summed E-state index contributed by atoms with van der Waals surface area (Å²) in [6.45, 7) is 21.5. The summed E-state index contributed by atoms with van der Waals surface area (Å²) in [5, 5.41) is 71.9. The average Bonchev–Trinajstić information content (AvgIpc) is 4.15. The second-order valence-corrected chi connectivity index (χ2v) is 14.1. The van der Waals surface area contributed by atoms with E-state index >= 15 is 0 Å². The molecule has 2 aromatic carbocycles. The fourth-order valence-corrected chi connectivity index (χ4v) is 7.88. The van der Waals surface area contributed by atoms with Gasteiger partial charge < -0.3 is 69.7 Å². The van der Waals surface area contributed by atoms with E-state index in [1.54, 1.807) is 12.1 Å². The van der Waals surface area contributed by atoms with Gasteiger partial charge in [0.05, 0.1) is 30.2 Å². The van der Waals surface area contributed by atoms with Crippen LogP contribution in [0.25, 0.3) is 0 Å². The molecule has 20 heteroatoms. The van der Waals surface area contributed by atoms with Crippen molar-refractivity contribution < 1.29 is 54.6 Å². The van der Waals surface area contributed by atoms with Crippen molar-refractivity contribution in [1.82, 2.24) is 29.1 Å². The topological polar surface area (TPSA) is 236 Å². The number of aromatic nitrogens is 6. The smallest absolute Gasteiger partial charge is 0.872 e. The summed E-state index contributed by atoms with van der Waals surface area (Å²) in [7, 11) is 1.89. The molecule has 0 unspecified atom stereocenters. The van der Waals surface area contributed by atoms with Crippen LogP contribution >= 0.6 is 23.2 Å². The van der Waals surface area contributed by atoms with Gasteiger partial charge in [-0.15, -0.1) is 0 Å². The van der Waals surface area contributed by atoms with E-state index in [0.29, 0.717) is 34.3 Å². The van der Waals surface area contributed by atoms with Gasteiger partial charge in [-0.05, 0) is 148 Å². The largest absolute Gasteiger partial charge is 3.00 e. The Morgan fingerprint density at radius 2 is 0.903 bits per heavy atom. The number of halogens is 2. The van der Waals surface area contributed by atoms with Gasteiger partial charge in [0.2, 0.25) is 0 Å². The first kappa shape index (κ1) is 57.1. The van der Waals surface area contributed by atoms with E-state index in [-0.39, 0.29) is 52.8 Å². The molecular weight excluding hydrogens is 915 g/mol. The van der Waals surface area contributed by atoms with Crippen molar-refractivity contribution in [3.63, 3.8) is 0 Å². The first-order valence-corrected chi connectivity index (χ1v) is 19.6. The zero-order valence-electron chi connectivity index (χ0n) is 35.1. The molecule has 2 N–H and O–H groups in total. The standard InChI is InChI=1S/C21H27BN6.C16H14Cl2N2O2.3CN.2CH4O.Fe.Mn/c1-13-16-7-4-10-19(16)26(23-13)22(27-20-11-5-8-17(20)14(2)24-27)28-21-12-6-9-18(21)15(3)25-28;17-13-1-3-15(21)11(7-13)9-19-5-6-20-10-12-8-14(18)2-4-16(12)22;5*1-2;;/h4-12H2,1-3H3;1-4,7-10,21-22H,5-6H2;;;;2*2H,1H3;;/q-1;;3*-1;;;2*+3/p-2. The van der Waals surface area contributed by atoms with Gasteiger partial charge in [-0.3, -0.25) is 9.98 Å². The molecule has 0 aliphatic heterocycles. The third kappa shape index (κ3) is 13.8. The van der Waals surface area contributed by atoms with Crippen LogP contribution in [0.15, 0.2) is 46.4 Å². The molecule has 0 bridgehead atoms. The minimum Gasteiger partial charge on any atom is -0.872 e. The molecule has 3 heterocycles. The normalized spacial score (nSPS) is 12.3. The van der Waals surface area contributed by atoms with Crippen LogP contribution in [0.2, 0.25) is 10.0 Å². The van der Waals surface area contributed by atoms with Gasteiger partial charge >= 0.3 is 34.1 Å². The summed E-state index contributed by atoms with van der Waals surface area (Å²) in [5.41, 5.74) is 12.9. The molecule has 3 aliphatic rings. The van der Waals surface area contributed by atoms with Crippen LogP contribution in [0.1, 0.15) is 81.2 Å².